The minimum absolute atomic E-state index is 0.0287. The topological polar surface area (TPSA) is 49.3 Å². The van der Waals surface area contributed by atoms with Gasteiger partial charge in [0.15, 0.2) is 0 Å². The standard InChI is InChI=1S/C13H21NO2S/c1-8(2)12(5-6-15)14-13(16)11-7-9(3)17-10(11)4/h7-8,12,15H,5-6H2,1-4H3,(H,14,16). The first-order valence-corrected chi connectivity index (χ1v) is 6.76. The van der Waals surface area contributed by atoms with Crippen LogP contribution in [0.2, 0.25) is 0 Å². The Hall–Kier alpha value is -0.870. The van der Waals surface area contributed by atoms with Crippen LogP contribution in [-0.4, -0.2) is 23.7 Å². The molecule has 0 aromatic carbocycles. The van der Waals surface area contributed by atoms with Crippen LogP contribution in [0, 0.1) is 19.8 Å². The molecule has 1 aromatic rings. The lowest BCUT2D eigenvalue weighted by Crippen LogP contribution is -2.39. The zero-order valence-corrected chi connectivity index (χ0v) is 11.7. The number of hydrogen-bond acceptors (Lipinski definition) is 3. The summed E-state index contributed by atoms with van der Waals surface area (Å²) in [6.45, 7) is 8.16. The molecule has 0 aliphatic heterocycles. The van der Waals surface area contributed by atoms with Gasteiger partial charge < -0.3 is 10.4 Å². The van der Waals surface area contributed by atoms with Gasteiger partial charge in [0.2, 0.25) is 0 Å². The number of carbonyl (C=O) groups excluding carboxylic acids is 1. The molecule has 1 amide bonds. The summed E-state index contributed by atoms with van der Waals surface area (Å²) in [5.41, 5.74) is 0.760. The molecular weight excluding hydrogens is 234 g/mol. The van der Waals surface area contributed by atoms with Crippen LogP contribution in [0.25, 0.3) is 0 Å². The molecule has 1 aromatic heterocycles. The number of aliphatic hydroxyl groups excluding tert-OH is 1. The van der Waals surface area contributed by atoms with Crippen LogP contribution in [0.3, 0.4) is 0 Å². The van der Waals surface area contributed by atoms with E-state index in [0.717, 1.165) is 15.3 Å². The van der Waals surface area contributed by atoms with Gasteiger partial charge in [0.05, 0.1) is 5.56 Å². The first-order valence-electron chi connectivity index (χ1n) is 5.94. The Morgan fingerprint density at radius 3 is 2.53 bits per heavy atom. The van der Waals surface area contributed by atoms with Gasteiger partial charge in [-0.2, -0.15) is 0 Å². The number of carbonyl (C=O) groups is 1. The summed E-state index contributed by atoms with van der Waals surface area (Å²) in [6, 6.07) is 1.96. The van der Waals surface area contributed by atoms with Crippen molar-refractivity contribution in [3.05, 3.63) is 21.4 Å². The minimum Gasteiger partial charge on any atom is -0.396 e. The van der Waals surface area contributed by atoms with Crippen molar-refractivity contribution < 1.29 is 9.90 Å². The van der Waals surface area contributed by atoms with Gasteiger partial charge in [-0.25, -0.2) is 0 Å². The summed E-state index contributed by atoms with van der Waals surface area (Å²) in [5.74, 6) is 0.296. The summed E-state index contributed by atoms with van der Waals surface area (Å²) in [7, 11) is 0. The van der Waals surface area contributed by atoms with Gasteiger partial charge in [0.1, 0.15) is 0 Å². The van der Waals surface area contributed by atoms with Crippen molar-refractivity contribution in [2.24, 2.45) is 5.92 Å². The van der Waals surface area contributed by atoms with Crippen molar-refractivity contribution in [3.8, 4) is 0 Å². The van der Waals surface area contributed by atoms with E-state index in [1.165, 1.54) is 0 Å². The average Bonchev–Trinajstić information content (AvgIpc) is 2.57. The smallest absolute Gasteiger partial charge is 0.252 e. The van der Waals surface area contributed by atoms with Crippen LogP contribution < -0.4 is 5.32 Å². The molecule has 1 atom stereocenters. The second-order valence-electron chi connectivity index (χ2n) is 4.66. The van der Waals surface area contributed by atoms with E-state index in [4.69, 9.17) is 5.11 Å². The maximum Gasteiger partial charge on any atom is 0.252 e. The average molecular weight is 255 g/mol. The number of thiophene rings is 1. The van der Waals surface area contributed by atoms with Crippen LogP contribution in [-0.2, 0) is 0 Å². The number of hydrogen-bond donors (Lipinski definition) is 2. The van der Waals surface area contributed by atoms with Crippen LogP contribution in [0.15, 0.2) is 6.07 Å². The number of aryl methyl sites for hydroxylation is 2. The highest BCUT2D eigenvalue weighted by molar-refractivity contribution is 7.12. The van der Waals surface area contributed by atoms with E-state index in [-0.39, 0.29) is 18.6 Å². The third-order valence-electron chi connectivity index (χ3n) is 2.85. The normalized spacial score (nSPS) is 12.8. The van der Waals surface area contributed by atoms with E-state index < -0.39 is 0 Å². The molecule has 0 spiro atoms. The van der Waals surface area contributed by atoms with Crippen LogP contribution in [0.4, 0.5) is 0 Å². The number of rotatable bonds is 5. The molecule has 4 heteroatoms. The first kappa shape index (κ1) is 14.2. The van der Waals surface area contributed by atoms with Gasteiger partial charge in [-0.3, -0.25) is 4.79 Å². The predicted molar refractivity (Wildman–Crippen MR) is 71.6 cm³/mol. The molecule has 1 unspecified atom stereocenters. The Labute approximate surface area is 107 Å². The fraction of sp³-hybridized carbons (Fsp3) is 0.615. The molecule has 0 aliphatic rings. The highest BCUT2D eigenvalue weighted by Gasteiger charge is 2.18. The molecule has 0 fully saturated rings. The van der Waals surface area contributed by atoms with Gasteiger partial charge in [0, 0.05) is 22.4 Å². The zero-order valence-electron chi connectivity index (χ0n) is 10.9. The van der Waals surface area contributed by atoms with E-state index in [1.54, 1.807) is 11.3 Å². The molecule has 17 heavy (non-hydrogen) atoms. The van der Waals surface area contributed by atoms with E-state index in [9.17, 15) is 4.79 Å². The predicted octanol–water partition coefficient (Wildman–Crippen LogP) is 2.50. The van der Waals surface area contributed by atoms with Crippen molar-refractivity contribution >= 4 is 17.2 Å². The molecule has 0 radical (unpaired) electrons. The minimum atomic E-state index is -0.0287. The highest BCUT2D eigenvalue weighted by Crippen LogP contribution is 2.21. The molecule has 0 aliphatic carbocycles. The largest absolute Gasteiger partial charge is 0.396 e. The van der Waals surface area contributed by atoms with E-state index in [2.05, 4.69) is 5.32 Å². The van der Waals surface area contributed by atoms with Crippen LogP contribution in [0.5, 0.6) is 0 Å². The second-order valence-corrected chi connectivity index (χ2v) is 6.12. The van der Waals surface area contributed by atoms with Crippen molar-refractivity contribution in [1.29, 1.82) is 0 Å². The Morgan fingerprint density at radius 2 is 2.12 bits per heavy atom. The molecule has 2 N–H and O–H groups in total. The summed E-state index contributed by atoms with van der Waals surface area (Å²) in [4.78, 5) is 14.3. The molecule has 96 valence electrons. The Kier molecular flexibility index (Phi) is 5.15. The fourth-order valence-corrected chi connectivity index (χ4v) is 2.73. The molecule has 0 bridgehead atoms. The van der Waals surface area contributed by atoms with Crippen LogP contribution >= 0.6 is 11.3 Å². The number of aliphatic hydroxyl groups is 1. The summed E-state index contributed by atoms with van der Waals surface area (Å²) in [6.07, 6.45) is 0.603. The quantitative estimate of drug-likeness (QED) is 0.849. The van der Waals surface area contributed by atoms with Gasteiger partial charge >= 0.3 is 0 Å². The van der Waals surface area contributed by atoms with Gasteiger partial charge in [0.25, 0.3) is 5.91 Å². The lowest BCUT2D eigenvalue weighted by Gasteiger charge is -2.21. The SMILES string of the molecule is Cc1cc(C(=O)NC(CCO)C(C)C)c(C)s1. The molecule has 1 rings (SSSR count). The summed E-state index contributed by atoms with van der Waals surface area (Å²) < 4.78 is 0. The summed E-state index contributed by atoms with van der Waals surface area (Å²) in [5, 5.41) is 12.0. The third-order valence-corrected chi connectivity index (χ3v) is 3.81. The van der Waals surface area contributed by atoms with E-state index >= 15 is 0 Å². The molecule has 3 nitrogen and oxygen atoms in total. The van der Waals surface area contributed by atoms with Crippen molar-refractivity contribution in [3.63, 3.8) is 0 Å². The first-order chi connectivity index (χ1) is 7.95. The monoisotopic (exact) mass is 255 g/mol. The lowest BCUT2D eigenvalue weighted by molar-refractivity contribution is 0.0916. The Balaban J connectivity index is 2.73. The third kappa shape index (κ3) is 3.82. The maximum absolute atomic E-state index is 12.1. The molecule has 0 saturated heterocycles. The number of nitrogens with one attached hydrogen (secondary N) is 1. The van der Waals surface area contributed by atoms with E-state index in [1.807, 2.05) is 33.8 Å². The van der Waals surface area contributed by atoms with Crippen molar-refractivity contribution in [2.45, 2.75) is 40.2 Å². The zero-order chi connectivity index (χ0) is 13.0. The molecule has 1 heterocycles. The van der Waals surface area contributed by atoms with Crippen molar-refractivity contribution in [1.82, 2.24) is 5.32 Å². The lowest BCUT2D eigenvalue weighted by atomic mass is 10.0. The van der Waals surface area contributed by atoms with Gasteiger partial charge in [-0.05, 0) is 32.3 Å². The molecule has 0 saturated carbocycles. The molecular formula is C13H21NO2S. The number of amides is 1. The Morgan fingerprint density at radius 1 is 1.47 bits per heavy atom. The second kappa shape index (κ2) is 6.17. The summed E-state index contributed by atoms with van der Waals surface area (Å²) >= 11 is 1.64. The van der Waals surface area contributed by atoms with Crippen LogP contribution in [0.1, 0.15) is 40.4 Å². The van der Waals surface area contributed by atoms with E-state index in [0.29, 0.717) is 12.3 Å². The Bertz CT molecular complexity index is 385. The van der Waals surface area contributed by atoms with Gasteiger partial charge in [-0.15, -0.1) is 11.3 Å². The van der Waals surface area contributed by atoms with Gasteiger partial charge in [-0.1, -0.05) is 13.8 Å². The van der Waals surface area contributed by atoms with Crippen molar-refractivity contribution in [2.75, 3.05) is 6.61 Å². The maximum atomic E-state index is 12.1. The highest BCUT2D eigenvalue weighted by atomic mass is 32.1. The fourth-order valence-electron chi connectivity index (χ4n) is 1.81.